The first-order valence-corrected chi connectivity index (χ1v) is 17.2. The van der Waals surface area contributed by atoms with Gasteiger partial charge in [-0.2, -0.15) is 0 Å². The van der Waals surface area contributed by atoms with Crippen molar-refractivity contribution in [3.05, 3.63) is 101 Å². The van der Waals surface area contributed by atoms with Crippen LogP contribution < -0.4 is 15.4 Å². The molecule has 1 aromatic heterocycles. The number of benzene rings is 3. The molecule has 1 amide bonds. The molecule has 1 saturated heterocycles. The Morgan fingerprint density at radius 3 is 2.49 bits per heavy atom. The van der Waals surface area contributed by atoms with Crippen LogP contribution in [-0.4, -0.2) is 61.6 Å². The van der Waals surface area contributed by atoms with Gasteiger partial charge in [-0.3, -0.25) is 14.4 Å². The summed E-state index contributed by atoms with van der Waals surface area (Å²) in [6.07, 6.45) is 1.82. The summed E-state index contributed by atoms with van der Waals surface area (Å²) < 4.78 is 35.6. The molecule has 11 nitrogen and oxygen atoms in total. The zero-order valence-electron chi connectivity index (χ0n) is 26.2. The lowest BCUT2D eigenvalue weighted by atomic mass is 9.85. The Labute approximate surface area is 273 Å². The number of nitrogens with one attached hydrogen (secondary N) is 2. The highest BCUT2D eigenvalue weighted by molar-refractivity contribution is 7.90. The number of carbonyl (C=O) groups is 3. The van der Waals surface area contributed by atoms with E-state index in [1.54, 1.807) is 30.3 Å². The topological polar surface area (TPSA) is 165 Å². The summed E-state index contributed by atoms with van der Waals surface area (Å²) in [7, 11) is -3.35. The normalized spacial score (nSPS) is 16.1. The van der Waals surface area contributed by atoms with Crippen molar-refractivity contribution in [1.29, 1.82) is 0 Å². The molecule has 4 aromatic rings. The van der Waals surface area contributed by atoms with Gasteiger partial charge in [0, 0.05) is 42.7 Å². The molecule has 0 bridgehead atoms. The van der Waals surface area contributed by atoms with E-state index in [0.717, 1.165) is 17.5 Å². The lowest BCUT2D eigenvalue weighted by Crippen LogP contribution is -2.36. The first-order valence-electron chi connectivity index (χ1n) is 15.3. The number of nitrogens with zero attached hydrogens (tertiary/aromatic N) is 1. The van der Waals surface area contributed by atoms with Gasteiger partial charge < -0.3 is 24.9 Å². The molecule has 1 aliphatic rings. The van der Waals surface area contributed by atoms with E-state index >= 15 is 0 Å². The molecule has 246 valence electrons. The molecular formula is C35H37N3O8S. The average molecular weight is 660 g/mol. The number of carbonyl (C=O) groups excluding carboxylic acids is 2. The fourth-order valence-corrected chi connectivity index (χ4v) is 6.30. The van der Waals surface area contributed by atoms with E-state index in [1.807, 2.05) is 37.3 Å². The van der Waals surface area contributed by atoms with E-state index in [-0.39, 0.29) is 48.5 Å². The van der Waals surface area contributed by atoms with Gasteiger partial charge in [0.15, 0.2) is 15.6 Å². The van der Waals surface area contributed by atoms with Crippen LogP contribution in [0.1, 0.15) is 58.1 Å². The number of Topliss-reactive ketones (excluding diaryl/α,β-unsaturated/α-hetero) is 1. The molecule has 3 N–H and O–H groups in total. The minimum Gasteiger partial charge on any atom is -0.493 e. The molecule has 1 unspecified atom stereocenters. The Morgan fingerprint density at radius 2 is 1.79 bits per heavy atom. The molecule has 1 aliphatic heterocycles. The maximum Gasteiger partial charge on any atom is 0.303 e. The number of aryl methyl sites for hydroxylation is 1. The van der Waals surface area contributed by atoms with Crippen LogP contribution in [0.2, 0.25) is 0 Å². The van der Waals surface area contributed by atoms with Crippen LogP contribution in [0.4, 0.5) is 0 Å². The highest BCUT2D eigenvalue weighted by Crippen LogP contribution is 2.34. The molecule has 0 radical (unpaired) electrons. The van der Waals surface area contributed by atoms with Crippen molar-refractivity contribution in [2.24, 2.45) is 0 Å². The number of carboxylic acid groups (broad SMARTS) is 1. The van der Waals surface area contributed by atoms with Gasteiger partial charge in [0.1, 0.15) is 11.5 Å². The van der Waals surface area contributed by atoms with Crippen molar-refractivity contribution in [3.8, 4) is 17.2 Å². The molecule has 0 saturated carbocycles. The van der Waals surface area contributed by atoms with Crippen LogP contribution in [0.25, 0.3) is 11.5 Å². The predicted octanol–water partition coefficient (Wildman–Crippen LogP) is 4.48. The second-order valence-electron chi connectivity index (χ2n) is 11.5. The summed E-state index contributed by atoms with van der Waals surface area (Å²) in [6.45, 7) is 2.81. The molecule has 2 atom stereocenters. The van der Waals surface area contributed by atoms with E-state index in [1.165, 1.54) is 12.1 Å². The number of rotatable bonds is 14. The van der Waals surface area contributed by atoms with Crippen LogP contribution in [0.3, 0.4) is 0 Å². The molecule has 2 heterocycles. The molecule has 3 aromatic carbocycles. The number of aliphatic carboxylic acids is 1. The second-order valence-corrected chi connectivity index (χ2v) is 13.5. The van der Waals surface area contributed by atoms with Crippen LogP contribution in [0, 0.1) is 6.92 Å². The number of ether oxygens (including phenoxy) is 1. The summed E-state index contributed by atoms with van der Waals surface area (Å²) in [5, 5.41) is 15.2. The quantitative estimate of drug-likeness (QED) is 0.176. The van der Waals surface area contributed by atoms with Gasteiger partial charge in [0.25, 0.3) is 5.91 Å². The molecule has 0 aliphatic carbocycles. The lowest BCUT2D eigenvalue weighted by molar-refractivity contribution is -0.138. The molecule has 5 rings (SSSR count). The maximum absolute atomic E-state index is 13.7. The number of ketones is 1. The predicted molar refractivity (Wildman–Crippen MR) is 174 cm³/mol. The highest BCUT2D eigenvalue weighted by Gasteiger charge is 2.35. The van der Waals surface area contributed by atoms with Crippen molar-refractivity contribution in [1.82, 2.24) is 15.6 Å². The van der Waals surface area contributed by atoms with E-state index in [2.05, 4.69) is 15.6 Å². The zero-order valence-corrected chi connectivity index (χ0v) is 27.0. The van der Waals surface area contributed by atoms with Crippen LogP contribution in [-0.2, 0) is 32.4 Å². The van der Waals surface area contributed by atoms with E-state index < -0.39 is 21.8 Å². The Balaban J connectivity index is 1.34. The third-order valence-corrected chi connectivity index (χ3v) is 9.28. The Morgan fingerprint density at radius 1 is 1.04 bits per heavy atom. The molecule has 12 heteroatoms. The minimum absolute atomic E-state index is 0.108. The number of carboxylic acids is 1. The third kappa shape index (κ3) is 8.52. The van der Waals surface area contributed by atoms with Gasteiger partial charge in [-0.1, -0.05) is 36.4 Å². The number of oxazole rings is 1. The largest absolute Gasteiger partial charge is 0.493 e. The highest BCUT2D eigenvalue weighted by atomic mass is 32.2. The van der Waals surface area contributed by atoms with E-state index in [9.17, 15) is 22.8 Å². The molecule has 0 spiro atoms. The number of amides is 1. The first-order chi connectivity index (χ1) is 22.5. The van der Waals surface area contributed by atoms with Gasteiger partial charge in [0.2, 0.25) is 5.89 Å². The van der Waals surface area contributed by atoms with Gasteiger partial charge in [-0.15, -0.1) is 0 Å². The van der Waals surface area contributed by atoms with E-state index in [4.69, 9.17) is 14.3 Å². The number of hydrogen-bond acceptors (Lipinski definition) is 9. The molecule has 47 heavy (non-hydrogen) atoms. The van der Waals surface area contributed by atoms with Crippen LogP contribution in [0.5, 0.6) is 5.75 Å². The minimum atomic E-state index is -3.35. The Kier molecular flexibility index (Phi) is 10.5. The monoisotopic (exact) mass is 659 g/mol. The van der Waals surface area contributed by atoms with Crippen molar-refractivity contribution in [2.75, 3.05) is 19.4 Å². The summed E-state index contributed by atoms with van der Waals surface area (Å²) in [4.78, 5) is 42.6. The van der Waals surface area contributed by atoms with Gasteiger partial charge in [-0.25, -0.2) is 13.4 Å². The number of hydrogen-bond donors (Lipinski definition) is 3. The summed E-state index contributed by atoms with van der Waals surface area (Å²) in [5.41, 5.74) is 3.34. The van der Waals surface area contributed by atoms with Crippen molar-refractivity contribution < 1.29 is 37.1 Å². The fraction of sp³-hybridized carbons (Fsp3) is 0.314. The summed E-state index contributed by atoms with van der Waals surface area (Å²) >= 11 is 0. The SMILES string of the molecule is Cc1oc(-c2ccccc2)nc1CCOc1ccc(C2CCN[C@@H]2C(=O)CCC(=O)O)c(C(=O)NCc2ccc(S(C)(=O)=O)cc2)c1. The zero-order chi connectivity index (χ0) is 33.6. The van der Waals surface area contributed by atoms with Crippen molar-refractivity contribution in [3.63, 3.8) is 0 Å². The molecular weight excluding hydrogens is 622 g/mol. The lowest BCUT2D eigenvalue weighted by Gasteiger charge is -2.22. The smallest absolute Gasteiger partial charge is 0.303 e. The van der Waals surface area contributed by atoms with Crippen LogP contribution >= 0.6 is 0 Å². The first kappa shape index (κ1) is 33.6. The Bertz CT molecular complexity index is 1850. The third-order valence-electron chi connectivity index (χ3n) is 8.15. The fourth-order valence-electron chi connectivity index (χ4n) is 5.67. The van der Waals surface area contributed by atoms with Crippen molar-refractivity contribution >= 4 is 27.5 Å². The summed E-state index contributed by atoms with van der Waals surface area (Å²) in [6, 6.07) is 20.5. The maximum atomic E-state index is 13.7. The van der Waals surface area contributed by atoms with Crippen molar-refractivity contribution in [2.45, 2.75) is 56.0 Å². The standard InChI is InChI=1S/C35H37N3O8S/c1-22-30(38-35(46-22)24-6-4-3-5-7-24)17-19-45-25-10-13-27(28-16-18-36-33(28)31(39)14-15-32(40)41)29(20-25)34(42)37-21-23-8-11-26(12-9-23)47(2,43)44/h3-13,20,28,33,36H,14-19,21H2,1-2H3,(H,37,42)(H,40,41)/t28?,33-/m0/s1. The Hall–Kier alpha value is -4.81. The average Bonchev–Trinajstić information content (AvgIpc) is 3.69. The number of sulfone groups is 1. The van der Waals surface area contributed by atoms with E-state index in [0.29, 0.717) is 53.5 Å². The van der Waals surface area contributed by atoms with Gasteiger partial charge >= 0.3 is 5.97 Å². The number of aromatic nitrogens is 1. The molecule has 1 fully saturated rings. The van der Waals surface area contributed by atoms with Gasteiger partial charge in [0.05, 0.1) is 29.7 Å². The van der Waals surface area contributed by atoms with Crippen LogP contribution in [0.15, 0.2) is 82.1 Å². The second kappa shape index (κ2) is 14.7. The van der Waals surface area contributed by atoms with Gasteiger partial charge in [-0.05, 0) is 67.4 Å². The summed E-state index contributed by atoms with van der Waals surface area (Å²) in [5.74, 6) is -0.303.